The number of hydrogen-bond acceptors (Lipinski definition) is 3. The monoisotopic (exact) mass is 294 g/mol. The summed E-state index contributed by atoms with van der Waals surface area (Å²) in [4.78, 5) is 4.39. The second kappa shape index (κ2) is 4.97. The largest absolute Gasteiger partial charge is 0.390 e. The Kier molecular flexibility index (Phi) is 3.56. The predicted molar refractivity (Wildman–Crippen MR) is 80.7 cm³/mol. The van der Waals surface area contributed by atoms with E-state index in [9.17, 15) is 5.11 Å². The number of aromatic nitrogens is 1. The molecule has 3 nitrogen and oxygen atoms in total. The van der Waals surface area contributed by atoms with Gasteiger partial charge < -0.3 is 10.4 Å². The van der Waals surface area contributed by atoms with Crippen molar-refractivity contribution in [1.29, 1.82) is 0 Å². The van der Waals surface area contributed by atoms with E-state index in [1.807, 2.05) is 18.3 Å². The van der Waals surface area contributed by atoms with Crippen molar-refractivity contribution in [2.24, 2.45) is 11.8 Å². The van der Waals surface area contributed by atoms with Gasteiger partial charge in [-0.2, -0.15) is 0 Å². The molecule has 2 unspecified atom stereocenters. The highest BCUT2D eigenvalue weighted by atomic mass is 35.5. The van der Waals surface area contributed by atoms with Gasteiger partial charge in [-0.1, -0.05) is 6.07 Å². The topological polar surface area (TPSA) is 45.1 Å². The van der Waals surface area contributed by atoms with Crippen LogP contribution in [0.15, 0.2) is 24.4 Å². The summed E-state index contributed by atoms with van der Waals surface area (Å²) < 4.78 is 0. The Hall–Kier alpha value is -0.640. The van der Waals surface area contributed by atoms with Gasteiger partial charge in [-0.25, -0.2) is 0 Å². The maximum Gasteiger partial charge on any atom is 0.0670 e. The van der Waals surface area contributed by atoms with Crippen molar-refractivity contribution in [3.8, 4) is 0 Å². The Labute approximate surface area is 126 Å². The molecule has 0 aliphatic heterocycles. The summed E-state index contributed by atoms with van der Waals surface area (Å²) in [7, 11) is 0. The molecule has 0 spiro atoms. The van der Waals surface area contributed by atoms with Crippen LogP contribution in [0.5, 0.6) is 0 Å². The molecule has 4 heteroatoms. The number of pyridine rings is 1. The summed E-state index contributed by atoms with van der Waals surface area (Å²) in [5.41, 5.74) is 0.905. The average Bonchev–Trinajstić information content (AvgIpc) is 2.35. The second-order valence-corrected chi connectivity index (χ2v) is 7.14. The van der Waals surface area contributed by atoms with Crippen LogP contribution in [0.25, 0.3) is 0 Å². The summed E-state index contributed by atoms with van der Waals surface area (Å²) in [5.74, 6) is 1.48. The molecule has 4 bridgehead atoms. The van der Waals surface area contributed by atoms with Crippen molar-refractivity contribution >= 4 is 12.4 Å². The maximum absolute atomic E-state index is 10.7. The van der Waals surface area contributed by atoms with Gasteiger partial charge in [-0.15, -0.1) is 12.4 Å². The number of nitrogens with one attached hydrogen (secondary N) is 1. The van der Waals surface area contributed by atoms with Crippen molar-refractivity contribution in [2.45, 2.75) is 56.2 Å². The Bertz CT molecular complexity index is 465. The lowest BCUT2D eigenvalue weighted by Crippen LogP contribution is -2.64. The number of rotatable bonds is 3. The van der Waals surface area contributed by atoms with Crippen molar-refractivity contribution in [3.63, 3.8) is 0 Å². The van der Waals surface area contributed by atoms with E-state index >= 15 is 0 Å². The van der Waals surface area contributed by atoms with Crippen LogP contribution in [0.1, 0.15) is 44.2 Å². The number of nitrogens with zero attached hydrogens (tertiary/aromatic N) is 1. The van der Waals surface area contributed by atoms with E-state index in [2.05, 4.69) is 16.4 Å². The fraction of sp³-hybridized carbons (Fsp3) is 0.688. The Balaban J connectivity index is 0.00000121. The molecule has 20 heavy (non-hydrogen) atoms. The lowest BCUT2D eigenvalue weighted by Gasteiger charge is -2.60. The van der Waals surface area contributed by atoms with Gasteiger partial charge in [0.15, 0.2) is 0 Å². The Morgan fingerprint density at radius 3 is 2.55 bits per heavy atom. The van der Waals surface area contributed by atoms with Crippen LogP contribution in [0.2, 0.25) is 0 Å². The highest BCUT2D eigenvalue weighted by Crippen LogP contribution is 2.57. The van der Waals surface area contributed by atoms with Crippen LogP contribution in [-0.4, -0.2) is 21.2 Å². The lowest BCUT2D eigenvalue weighted by molar-refractivity contribution is -0.142. The van der Waals surface area contributed by atoms with E-state index < -0.39 is 0 Å². The van der Waals surface area contributed by atoms with Crippen molar-refractivity contribution in [2.75, 3.05) is 0 Å². The van der Waals surface area contributed by atoms with E-state index in [0.29, 0.717) is 0 Å². The van der Waals surface area contributed by atoms with Crippen LogP contribution in [0.3, 0.4) is 0 Å². The summed E-state index contributed by atoms with van der Waals surface area (Å²) in [6.45, 7) is 0.830. The van der Waals surface area contributed by atoms with Crippen LogP contribution < -0.4 is 5.32 Å². The quantitative estimate of drug-likeness (QED) is 0.901. The van der Waals surface area contributed by atoms with E-state index in [1.54, 1.807) is 0 Å². The second-order valence-electron chi connectivity index (χ2n) is 7.14. The van der Waals surface area contributed by atoms with Crippen molar-refractivity contribution < 1.29 is 5.11 Å². The molecule has 2 atom stereocenters. The maximum atomic E-state index is 10.7. The number of aliphatic hydroxyl groups is 1. The molecule has 4 aliphatic carbocycles. The number of hydrogen-bond donors (Lipinski definition) is 2. The molecule has 0 saturated heterocycles. The summed E-state index contributed by atoms with van der Waals surface area (Å²) in [5, 5.41) is 14.5. The first-order valence-electron chi connectivity index (χ1n) is 7.52. The van der Waals surface area contributed by atoms with Crippen molar-refractivity contribution in [1.82, 2.24) is 10.3 Å². The first-order valence-corrected chi connectivity index (χ1v) is 7.52. The third-order valence-electron chi connectivity index (χ3n) is 5.40. The first kappa shape index (κ1) is 14.3. The molecule has 1 heterocycles. The zero-order valence-electron chi connectivity index (χ0n) is 11.7. The van der Waals surface area contributed by atoms with E-state index in [0.717, 1.165) is 43.3 Å². The van der Waals surface area contributed by atoms with Crippen LogP contribution in [0.4, 0.5) is 0 Å². The molecule has 5 rings (SSSR count). The third-order valence-corrected chi connectivity index (χ3v) is 5.40. The lowest BCUT2D eigenvalue weighted by atomic mass is 9.51. The highest BCUT2D eigenvalue weighted by molar-refractivity contribution is 5.85. The molecule has 1 aromatic rings. The van der Waals surface area contributed by atoms with E-state index in [4.69, 9.17) is 0 Å². The van der Waals surface area contributed by atoms with Gasteiger partial charge in [0.25, 0.3) is 0 Å². The van der Waals surface area contributed by atoms with E-state index in [1.165, 1.54) is 19.3 Å². The Morgan fingerprint density at radius 1 is 1.20 bits per heavy atom. The van der Waals surface area contributed by atoms with Gasteiger partial charge in [0, 0.05) is 18.3 Å². The molecule has 4 aliphatic rings. The molecule has 110 valence electrons. The molecular weight excluding hydrogens is 272 g/mol. The average molecular weight is 295 g/mol. The van der Waals surface area contributed by atoms with Gasteiger partial charge in [0.2, 0.25) is 0 Å². The third kappa shape index (κ3) is 2.47. The fourth-order valence-corrected chi connectivity index (χ4v) is 5.20. The molecule has 4 saturated carbocycles. The van der Waals surface area contributed by atoms with Crippen LogP contribution in [-0.2, 0) is 6.54 Å². The molecule has 1 aromatic heterocycles. The predicted octanol–water partition coefficient (Wildman–Crippen LogP) is 2.68. The minimum absolute atomic E-state index is 0. The molecule has 0 amide bonds. The van der Waals surface area contributed by atoms with Crippen LogP contribution in [0, 0.1) is 11.8 Å². The molecular formula is C16H23ClN2O. The summed E-state index contributed by atoms with van der Waals surface area (Å²) >= 11 is 0. The minimum Gasteiger partial charge on any atom is -0.390 e. The SMILES string of the molecule is Cl.OC12CC3CC(C1)CC(NCc1ccccn1)(C3)C2. The van der Waals surface area contributed by atoms with Gasteiger partial charge >= 0.3 is 0 Å². The molecule has 4 fully saturated rings. The highest BCUT2D eigenvalue weighted by Gasteiger charge is 2.56. The standard InChI is InChI=1S/C16H22N2O.ClH/c19-16-8-12-5-13(9-16)7-15(6-12,11-16)18-10-14-3-1-2-4-17-14;/h1-4,12-13,18-19H,5-11H2;1H. The van der Waals surface area contributed by atoms with Gasteiger partial charge in [0.05, 0.1) is 11.3 Å². The minimum atomic E-state index is -0.374. The smallest absolute Gasteiger partial charge is 0.0670 e. The number of halogens is 1. The molecule has 2 N–H and O–H groups in total. The van der Waals surface area contributed by atoms with E-state index in [-0.39, 0.29) is 23.5 Å². The van der Waals surface area contributed by atoms with Gasteiger partial charge in [-0.05, 0) is 62.5 Å². The molecule has 0 aromatic carbocycles. The normalized spacial score (nSPS) is 41.5. The first-order chi connectivity index (χ1) is 9.15. The van der Waals surface area contributed by atoms with Crippen LogP contribution >= 0.6 is 12.4 Å². The summed E-state index contributed by atoms with van der Waals surface area (Å²) in [6.07, 6.45) is 8.71. The Morgan fingerprint density at radius 2 is 1.95 bits per heavy atom. The van der Waals surface area contributed by atoms with Gasteiger partial charge in [-0.3, -0.25) is 4.98 Å². The van der Waals surface area contributed by atoms with Crippen molar-refractivity contribution in [3.05, 3.63) is 30.1 Å². The van der Waals surface area contributed by atoms with Gasteiger partial charge in [0.1, 0.15) is 0 Å². The molecule has 0 radical (unpaired) electrons. The zero-order chi connectivity index (χ0) is 12.9. The zero-order valence-corrected chi connectivity index (χ0v) is 12.5. The fourth-order valence-electron chi connectivity index (χ4n) is 5.20. The summed E-state index contributed by atoms with van der Waals surface area (Å²) in [6, 6.07) is 6.07.